The number of aromatic nitrogens is 2. The van der Waals surface area contributed by atoms with Gasteiger partial charge >= 0.3 is 0 Å². The van der Waals surface area contributed by atoms with Gasteiger partial charge in [-0.25, -0.2) is 0 Å². The van der Waals surface area contributed by atoms with Crippen LogP contribution in [-0.4, -0.2) is 16.1 Å². The fourth-order valence-electron chi connectivity index (χ4n) is 1.07. The summed E-state index contributed by atoms with van der Waals surface area (Å²) in [5, 5.41) is 9.62. The number of hydrogen-bond acceptors (Lipinski definition) is 2. The number of aromatic amines is 1. The smallest absolute Gasteiger partial charge is 0.220 e. The quantitative estimate of drug-likeness (QED) is 0.731. The van der Waals surface area contributed by atoms with Crippen molar-refractivity contribution in [2.75, 3.05) is 0 Å². The van der Waals surface area contributed by atoms with Crippen molar-refractivity contribution in [2.24, 2.45) is 0 Å². The Bertz CT molecular complexity index is 280. The second-order valence-corrected chi connectivity index (χ2v) is 3.07. The minimum Gasteiger partial charge on any atom is -0.350 e. The van der Waals surface area contributed by atoms with E-state index in [-0.39, 0.29) is 5.91 Å². The standard InChI is InChI=1S/C9H15N3O/c1-3-4-9(13)10-6-8-5-7(2)11-12-8/h5H,3-4,6H2,1-2H3,(H,10,13)(H,11,12). The van der Waals surface area contributed by atoms with Crippen molar-refractivity contribution in [2.45, 2.75) is 33.2 Å². The van der Waals surface area contributed by atoms with Gasteiger partial charge in [-0.2, -0.15) is 5.10 Å². The minimum atomic E-state index is 0.0863. The van der Waals surface area contributed by atoms with Crippen LogP contribution >= 0.6 is 0 Å². The maximum absolute atomic E-state index is 11.1. The molecule has 4 nitrogen and oxygen atoms in total. The Morgan fingerprint density at radius 2 is 2.46 bits per heavy atom. The molecule has 1 rings (SSSR count). The Morgan fingerprint density at radius 1 is 1.69 bits per heavy atom. The molecule has 1 amide bonds. The molecule has 0 aliphatic rings. The average molecular weight is 181 g/mol. The third kappa shape index (κ3) is 3.27. The first-order valence-electron chi connectivity index (χ1n) is 4.50. The summed E-state index contributed by atoms with van der Waals surface area (Å²) in [7, 11) is 0. The lowest BCUT2D eigenvalue weighted by Crippen LogP contribution is -2.22. The van der Waals surface area contributed by atoms with Crippen LogP contribution in [0.4, 0.5) is 0 Å². The molecule has 0 bridgehead atoms. The van der Waals surface area contributed by atoms with Gasteiger partial charge in [0.25, 0.3) is 0 Å². The van der Waals surface area contributed by atoms with Gasteiger partial charge in [-0.15, -0.1) is 0 Å². The van der Waals surface area contributed by atoms with Gasteiger partial charge in [0.2, 0.25) is 5.91 Å². The predicted octanol–water partition coefficient (Wildman–Crippen LogP) is 1.13. The number of nitrogens with one attached hydrogen (secondary N) is 2. The monoisotopic (exact) mass is 181 g/mol. The molecule has 0 unspecified atom stereocenters. The predicted molar refractivity (Wildman–Crippen MR) is 50.1 cm³/mol. The van der Waals surface area contributed by atoms with Crippen LogP contribution in [0.15, 0.2) is 6.07 Å². The molecule has 0 aliphatic heterocycles. The molecule has 2 N–H and O–H groups in total. The molecular weight excluding hydrogens is 166 g/mol. The minimum absolute atomic E-state index is 0.0863. The molecule has 0 radical (unpaired) electrons. The van der Waals surface area contributed by atoms with E-state index < -0.39 is 0 Å². The number of carbonyl (C=O) groups is 1. The van der Waals surface area contributed by atoms with Crippen molar-refractivity contribution in [1.82, 2.24) is 15.5 Å². The van der Waals surface area contributed by atoms with Crippen molar-refractivity contribution in [3.8, 4) is 0 Å². The highest BCUT2D eigenvalue weighted by molar-refractivity contribution is 5.75. The SMILES string of the molecule is CCCC(=O)NCc1cc(C)[nH]n1. The number of aryl methyl sites for hydroxylation is 1. The van der Waals surface area contributed by atoms with Gasteiger partial charge in [0, 0.05) is 12.1 Å². The maximum Gasteiger partial charge on any atom is 0.220 e. The molecule has 0 atom stereocenters. The highest BCUT2D eigenvalue weighted by Crippen LogP contribution is 1.97. The topological polar surface area (TPSA) is 57.8 Å². The summed E-state index contributed by atoms with van der Waals surface area (Å²) >= 11 is 0. The number of carbonyl (C=O) groups excluding carboxylic acids is 1. The zero-order valence-corrected chi connectivity index (χ0v) is 8.05. The maximum atomic E-state index is 11.1. The average Bonchev–Trinajstić information content (AvgIpc) is 2.49. The van der Waals surface area contributed by atoms with E-state index in [9.17, 15) is 4.79 Å². The van der Waals surface area contributed by atoms with E-state index in [0.717, 1.165) is 17.8 Å². The number of rotatable bonds is 4. The normalized spacial score (nSPS) is 10.0. The van der Waals surface area contributed by atoms with E-state index in [2.05, 4.69) is 15.5 Å². The van der Waals surface area contributed by atoms with E-state index >= 15 is 0 Å². The Hall–Kier alpha value is -1.32. The van der Waals surface area contributed by atoms with Crippen LogP contribution in [0, 0.1) is 6.92 Å². The molecule has 72 valence electrons. The number of amides is 1. The zero-order valence-electron chi connectivity index (χ0n) is 8.05. The Labute approximate surface area is 77.7 Å². The summed E-state index contributed by atoms with van der Waals surface area (Å²) in [6.07, 6.45) is 1.47. The second kappa shape index (κ2) is 4.64. The Kier molecular flexibility index (Phi) is 3.49. The van der Waals surface area contributed by atoms with E-state index in [0.29, 0.717) is 13.0 Å². The first-order valence-corrected chi connectivity index (χ1v) is 4.50. The molecule has 1 aromatic heterocycles. The van der Waals surface area contributed by atoms with Crippen LogP contribution in [0.25, 0.3) is 0 Å². The van der Waals surface area contributed by atoms with Gasteiger partial charge in [0.1, 0.15) is 0 Å². The van der Waals surface area contributed by atoms with Gasteiger partial charge in [-0.05, 0) is 19.4 Å². The van der Waals surface area contributed by atoms with Gasteiger partial charge in [0.15, 0.2) is 0 Å². The van der Waals surface area contributed by atoms with Crippen LogP contribution in [0.1, 0.15) is 31.2 Å². The summed E-state index contributed by atoms with van der Waals surface area (Å²) < 4.78 is 0. The molecule has 0 saturated carbocycles. The molecule has 0 aliphatic carbocycles. The molecule has 13 heavy (non-hydrogen) atoms. The Morgan fingerprint density at radius 3 is 3.00 bits per heavy atom. The highest BCUT2D eigenvalue weighted by atomic mass is 16.1. The van der Waals surface area contributed by atoms with Crippen LogP contribution in [0.3, 0.4) is 0 Å². The second-order valence-electron chi connectivity index (χ2n) is 3.07. The first kappa shape index (κ1) is 9.77. The van der Waals surface area contributed by atoms with Crippen LogP contribution in [0.2, 0.25) is 0 Å². The van der Waals surface area contributed by atoms with E-state index in [1.165, 1.54) is 0 Å². The van der Waals surface area contributed by atoms with E-state index in [1.807, 2.05) is 19.9 Å². The third-order valence-electron chi connectivity index (χ3n) is 1.70. The molecule has 0 spiro atoms. The molecule has 0 aromatic carbocycles. The lowest BCUT2D eigenvalue weighted by molar-refractivity contribution is -0.121. The van der Waals surface area contributed by atoms with Crippen molar-refractivity contribution < 1.29 is 4.79 Å². The number of hydrogen-bond donors (Lipinski definition) is 2. The fraction of sp³-hybridized carbons (Fsp3) is 0.556. The van der Waals surface area contributed by atoms with Gasteiger partial charge in [-0.1, -0.05) is 6.92 Å². The van der Waals surface area contributed by atoms with Gasteiger partial charge < -0.3 is 5.32 Å². The van der Waals surface area contributed by atoms with E-state index in [4.69, 9.17) is 0 Å². The van der Waals surface area contributed by atoms with Crippen LogP contribution < -0.4 is 5.32 Å². The molecular formula is C9H15N3O. The summed E-state index contributed by atoms with van der Waals surface area (Å²) in [6, 6.07) is 1.92. The van der Waals surface area contributed by atoms with Gasteiger partial charge in [0.05, 0.1) is 12.2 Å². The number of nitrogens with zero attached hydrogens (tertiary/aromatic N) is 1. The molecule has 1 aromatic rings. The summed E-state index contributed by atoms with van der Waals surface area (Å²) in [5.41, 5.74) is 1.89. The van der Waals surface area contributed by atoms with E-state index in [1.54, 1.807) is 0 Å². The van der Waals surface area contributed by atoms with Crippen molar-refractivity contribution >= 4 is 5.91 Å². The summed E-state index contributed by atoms with van der Waals surface area (Å²) in [6.45, 7) is 4.44. The summed E-state index contributed by atoms with van der Waals surface area (Å²) in [4.78, 5) is 11.1. The van der Waals surface area contributed by atoms with Crippen LogP contribution in [0.5, 0.6) is 0 Å². The van der Waals surface area contributed by atoms with Gasteiger partial charge in [-0.3, -0.25) is 9.89 Å². The largest absolute Gasteiger partial charge is 0.350 e. The highest BCUT2D eigenvalue weighted by Gasteiger charge is 2.01. The van der Waals surface area contributed by atoms with Crippen molar-refractivity contribution in [3.05, 3.63) is 17.5 Å². The fourth-order valence-corrected chi connectivity index (χ4v) is 1.07. The zero-order chi connectivity index (χ0) is 9.68. The van der Waals surface area contributed by atoms with Crippen molar-refractivity contribution in [1.29, 1.82) is 0 Å². The lowest BCUT2D eigenvalue weighted by Gasteiger charge is -2.00. The number of H-pyrrole nitrogens is 1. The van der Waals surface area contributed by atoms with Crippen LogP contribution in [-0.2, 0) is 11.3 Å². The first-order chi connectivity index (χ1) is 6.22. The Balaban J connectivity index is 2.30. The lowest BCUT2D eigenvalue weighted by atomic mass is 10.3. The molecule has 0 saturated heterocycles. The molecule has 0 fully saturated rings. The van der Waals surface area contributed by atoms with Crippen molar-refractivity contribution in [3.63, 3.8) is 0 Å². The molecule has 4 heteroatoms. The molecule has 1 heterocycles. The summed E-state index contributed by atoms with van der Waals surface area (Å²) in [5.74, 6) is 0.0863. The third-order valence-corrected chi connectivity index (χ3v) is 1.70.